The molecule has 98 valence electrons. The van der Waals surface area contributed by atoms with Gasteiger partial charge in [0.25, 0.3) is 0 Å². The molecule has 0 heterocycles. The van der Waals surface area contributed by atoms with Crippen LogP contribution in [-0.2, 0) is 9.16 Å². The monoisotopic (exact) mass is 246 g/mol. The van der Waals surface area contributed by atoms with Crippen molar-refractivity contribution in [1.82, 2.24) is 0 Å². The molecule has 3 heteroatoms. The van der Waals surface area contributed by atoms with Crippen molar-refractivity contribution in [3.63, 3.8) is 0 Å². The van der Waals surface area contributed by atoms with E-state index in [0.29, 0.717) is 6.10 Å². The van der Waals surface area contributed by atoms with Gasteiger partial charge in [0.05, 0.1) is 6.10 Å². The van der Waals surface area contributed by atoms with E-state index in [-0.39, 0.29) is 0 Å². The van der Waals surface area contributed by atoms with E-state index in [2.05, 4.69) is 27.7 Å². The Bertz CT molecular complexity index is 139. The first-order chi connectivity index (χ1) is 7.56. The van der Waals surface area contributed by atoms with Crippen LogP contribution in [0.15, 0.2) is 0 Å². The van der Waals surface area contributed by atoms with Gasteiger partial charge < -0.3 is 9.16 Å². The number of rotatable bonds is 10. The van der Waals surface area contributed by atoms with Gasteiger partial charge in [0, 0.05) is 13.2 Å². The zero-order valence-electron chi connectivity index (χ0n) is 11.8. The second-order valence-electron chi connectivity index (χ2n) is 5.45. The smallest absolute Gasteiger partial charge is 0.145 e. The first kappa shape index (κ1) is 16.1. The summed E-state index contributed by atoms with van der Waals surface area (Å²) in [5, 5.41) is 0. The molecule has 0 bridgehead atoms. The minimum absolute atomic E-state index is 0.455. The van der Waals surface area contributed by atoms with Crippen LogP contribution < -0.4 is 0 Å². The highest BCUT2D eigenvalue weighted by Gasteiger charge is 2.12. The normalized spacial score (nSPS) is 12.2. The van der Waals surface area contributed by atoms with Crippen molar-refractivity contribution in [1.29, 1.82) is 0 Å². The molecule has 0 unspecified atom stereocenters. The van der Waals surface area contributed by atoms with Gasteiger partial charge in [-0.3, -0.25) is 0 Å². The Morgan fingerprint density at radius 1 is 0.875 bits per heavy atom. The maximum Gasteiger partial charge on any atom is 0.145 e. The Balaban J connectivity index is 3.65. The molecule has 0 amide bonds. The zero-order valence-corrected chi connectivity index (χ0v) is 13.8. The molecular formula is C13H30O2Si. The SMILES string of the molecule is CC(C)CC(CC(C)C)OCCCCO[SiH3]. The Kier molecular flexibility index (Phi) is 10.4. The van der Waals surface area contributed by atoms with E-state index in [1.807, 2.05) is 0 Å². The van der Waals surface area contributed by atoms with Crippen LogP contribution in [0, 0.1) is 11.8 Å². The molecule has 0 saturated heterocycles. The molecular weight excluding hydrogens is 216 g/mol. The van der Waals surface area contributed by atoms with E-state index in [0.717, 1.165) is 48.4 Å². The standard InChI is InChI=1S/C13H30O2Si/c1-11(2)9-13(10-12(3)4)14-7-5-6-8-15-16/h11-13H,5-10H2,1-4,16H3. The molecule has 0 aliphatic carbocycles. The van der Waals surface area contributed by atoms with Crippen LogP contribution in [0.2, 0.25) is 0 Å². The van der Waals surface area contributed by atoms with Crippen molar-refractivity contribution in [3.8, 4) is 0 Å². The Hall–Kier alpha value is 0.137. The van der Waals surface area contributed by atoms with Crippen LogP contribution in [0.3, 0.4) is 0 Å². The summed E-state index contributed by atoms with van der Waals surface area (Å²) in [6.45, 7) is 10.9. The summed E-state index contributed by atoms with van der Waals surface area (Å²) < 4.78 is 11.1. The molecule has 0 saturated carbocycles. The highest BCUT2D eigenvalue weighted by molar-refractivity contribution is 5.97. The van der Waals surface area contributed by atoms with Crippen LogP contribution in [-0.4, -0.2) is 29.8 Å². The van der Waals surface area contributed by atoms with Crippen molar-refractivity contribution in [2.24, 2.45) is 11.8 Å². The first-order valence-electron chi connectivity index (χ1n) is 6.66. The lowest BCUT2D eigenvalue weighted by Crippen LogP contribution is -2.19. The largest absolute Gasteiger partial charge is 0.428 e. The molecule has 0 radical (unpaired) electrons. The lowest BCUT2D eigenvalue weighted by molar-refractivity contribution is 0.0226. The van der Waals surface area contributed by atoms with Crippen LogP contribution in [0.1, 0.15) is 53.4 Å². The summed E-state index contributed by atoms with van der Waals surface area (Å²) >= 11 is 0. The molecule has 0 rings (SSSR count). The van der Waals surface area contributed by atoms with Gasteiger partial charge >= 0.3 is 0 Å². The van der Waals surface area contributed by atoms with Gasteiger partial charge in [-0.2, -0.15) is 0 Å². The summed E-state index contributed by atoms with van der Waals surface area (Å²) in [5.41, 5.74) is 0. The average Bonchev–Trinajstić information content (AvgIpc) is 2.15. The second-order valence-corrected chi connectivity index (χ2v) is 6.03. The third-order valence-electron chi connectivity index (χ3n) is 2.56. The van der Waals surface area contributed by atoms with Crippen molar-refractivity contribution in [2.75, 3.05) is 13.2 Å². The number of ether oxygens (including phenoxy) is 1. The number of hydrogen-bond donors (Lipinski definition) is 0. The topological polar surface area (TPSA) is 18.5 Å². The minimum atomic E-state index is 0.455. The van der Waals surface area contributed by atoms with E-state index in [1.54, 1.807) is 0 Å². The number of unbranched alkanes of at least 4 members (excludes halogenated alkanes) is 1. The molecule has 2 nitrogen and oxygen atoms in total. The molecule has 0 spiro atoms. The summed E-state index contributed by atoms with van der Waals surface area (Å²) in [6.07, 6.45) is 5.11. The van der Waals surface area contributed by atoms with Crippen molar-refractivity contribution >= 4 is 10.5 Å². The Morgan fingerprint density at radius 2 is 1.38 bits per heavy atom. The van der Waals surface area contributed by atoms with Gasteiger partial charge in [-0.25, -0.2) is 0 Å². The molecule has 0 atom stereocenters. The fraction of sp³-hybridized carbons (Fsp3) is 1.00. The van der Waals surface area contributed by atoms with Gasteiger partial charge in [-0.15, -0.1) is 0 Å². The van der Waals surface area contributed by atoms with E-state index >= 15 is 0 Å². The summed E-state index contributed by atoms with van der Waals surface area (Å²) in [4.78, 5) is 0. The zero-order chi connectivity index (χ0) is 12.4. The Labute approximate surface area is 105 Å². The second kappa shape index (κ2) is 10.3. The van der Waals surface area contributed by atoms with Gasteiger partial charge in [0.1, 0.15) is 10.5 Å². The van der Waals surface area contributed by atoms with Crippen molar-refractivity contribution < 1.29 is 9.16 Å². The fourth-order valence-electron chi connectivity index (χ4n) is 1.88. The van der Waals surface area contributed by atoms with Crippen molar-refractivity contribution in [2.45, 2.75) is 59.5 Å². The maximum atomic E-state index is 5.97. The molecule has 0 aromatic rings. The lowest BCUT2D eigenvalue weighted by atomic mass is 9.98. The number of hydrogen-bond acceptors (Lipinski definition) is 2. The lowest BCUT2D eigenvalue weighted by Gasteiger charge is -2.21. The maximum absolute atomic E-state index is 5.97. The van der Waals surface area contributed by atoms with Crippen LogP contribution in [0.25, 0.3) is 0 Å². The summed E-state index contributed by atoms with van der Waals surface area (Å²) in [5.74, 6) is 1.46. The molecule has 0 aromatic heterocycles. The predicted octanol–water partition coefficient (Wildman–Crippen LogP) is 2.54. The van der Waals surface area contributed by atoms with E-state index in [4.69, 9.17) is 9.16 Å². The van der Waals surface area contributed by atoms with Gasteiger partial charge in [-0.05, 0) is 37.5 Å². The highest BCUT2D eigenvalue weighted by Crippen LogP contribution is 2.16. The van der Waals surface area contributed by atoms with Crippen LogP contribution in [0.5, 0.6) is 0 Å². The summed E-state index contributed by atoms with van der Waals surface area (Å²) in [6, 6.07) is 0. The molecule has 16 heavy (non-hydrogen) atoms. The molecule has 0 N–H and O–H groups in total. The minimum Gasteiger partial charge on any atom is -0.428 e. The van der Waals surface area contributed by atoms with Gasteiger partial charge in [0.15, 0.2) is 0 Å². The molecule has 0 aromatic carbocycles. The van der Waals surface area contributed by atoms with Crippen molar-refractivity contribution in [3.05, 3.63) is 0 Å². The van der Waals surface area contributed by atoms with E-state index in [1.165, 1.54) is 12.8 Å². The molecule has 0 fully saturated rings. The molecule has 0 aliphatic rings. The predicted molar refractivity (Wildman–Crippen MR) is 73.8 cm³/mol. The highest BCUT2D eigenvalue weighted by atomic mass is 28.2. The van der Waals surface area contributed by atoms with Gasteiger partial charge in [-0.1, -0.05) is 27.7 Å². The average molecular weight is 246 g/mol. The van der Waals surface area contributed by atoms with E-state index in [9.17, 15) is 0 Å². The quantitative estimate of drug-likeness (QED) is 0.436. The fourth-order valence-corrected chi connectivity index (χ4v) is 2.17. The van der Waals surface area contributed by atoms with Crippen LogP contribution in [0.4, 0.5) is 0 Å². The third-order valence-corrected chi connectivity index (χ3v) is 2.97. The Morgan fingerprint density at radius 3 is 1.81 bits per heavy atom. The molecule has 0 aliphatic heterocycles. The summed E-state index contributed by atoms with van der Waals surface area (Å²) in [7, 11) is 0.859. The van der Waals surface area contributed by atoms with Gasteiger partial charge in [0.2, 0.25) is 0 Å². The third kappa shape index (κ3) is 10.6. The van der Waals surface area contributed by atoms with E-state index < -0.39 is 0 Å². The van der Waals surface area contributed by atoms with Crippen LogP contribution >= 0.6 is 0 Å². The first-order valence-corrected chi connectivity index (χ1v) is 7.48.